The van der Waals surface area contributed by atoms with Crippen molar-refractivity contribution in [3.05, 3.63) is 59.9 Å². The monoisotopic (exact) mass is 236 g/mol. The SMILES string of the molecule is Cc1cc(F)ccc1-c1ccccc1.OS. The van der Waals surface area contributed by atoms with Crippen molar-refractivity contribution >= 4 is 12.9 Å². The zero-order valence-electron chi connectivity index (χ0n) is 8.89. The van der Waals surface area contributed by atoms with Crippen molar-refractivity contribution in [2.24, 2.45) is 0 Å². The third-order valence-corrected chi connectivity index (χ3v) is 2.27. The molecule has 2 aromatic rings. The molecule has 1 N–H and O–H groups in total. The van der Waals surface area contributed by atoms with Gasteiger partial charge in [0.25, 0.3) is 0 Å². The minimum atomic E-state index is -0.179. The summed E-state index contributed by atoms with van der Waals surface area (Å²) in [4.78, 5) is 0. The topological polar surface area (TPSA) is 20.2 Å². The molecule has 0 unspecified atom stereocenters. The quantitative estimate of drug-likeness (QED) is 0.562. The molecular weight excluding hydrogens is 223 g/mol. The standard InChI is InChI=1S/C13H11F.H2OS/c1-10-9-12(14)7-8-13(10)11-5-3-2-4-6-11;1-2/h2-9H,1H3;1-2H. The normalized spacial score (nSPS) is 9.25. The Morgan fingerprint density at radius 2 is 1.62 bits per heavy atom. The van der Waals surface area contributed by atoms with E-state index in [9.17, 15) is 4.39 Å². The summed E-state index contributed by atoms with van der Waals surface area (Å²) in [6.45, 7) is 1.92. The van der Waals surface area contributed by atoms with Crippen molar-refractivity contribution < 1.29 is 8.94 Å². The summed E-state index contributed by atoms with van der Waals surface area (Å²) >= 11 is 2.53. The lowest BCUT2D eigenvalue weighted by molar-refractivity contribution is 0.627. The van der Waals surface area contributed by atoms with Crippen LogP contribution in [0.4, 0.5) is 4.39 Å². The van der Waals surface area contributed by atoms with Crippen LogP contribution in [0.25, 0.3) is 11.1 Å². The van der Waals surface area contributed by atoms with Gasteiger partial charge in [0.2, 0.25) is 0 Å². The molecule has 0 saturated carbocycles. The van der Waals surface area contributed by atoms with Crippen LogP contribution in [0.5, 0.6) is 0 Å². The van der Waals surface area contributed by atoms with Gasteiger partial charge >= 0.3 is 0 Å². The Hall–Kier alpha value is -1.32. The number of benzene rings is 2. The first-order valence-corrected chi connectivity index (χ1v) is 5.19. The highest BCUT2D eigenvalue weighted by atomic mass is 32.1. The van der Waals surface area contributed by atoms with Crippen LogP contribution in [0.15, 0.2) is 48.5 Å². The third-order valence-electron chi connectivity index (χ3n) is 2.27. The van der Waals surface area contributed by atoms with Gasteiger partial charge in [0.1, 0.15) is 5.82 Å². The number of hydrogen-bond acceptors (Lipinski definition) is 2. The van der Waals surface area contributed by atoms with Crippen LogP contribution in [0.3, 0.4) is 0 Å². The van der Waals surface area contributed by atoms with Crippen LogP contribution in [0, 0.1) is 12.7 Å². The van der Waals surface area contributed by atoms with Crippen molar-refractivity contribution in [2.45, 2.75) is 6.92 Å². The van der Waals surface area contributed by atoms with Crippen molar-refractivity contribution in [2.75, 3.05) is 0 Å². The molecule has 0 aliphatic heterocycles. The molecule has 0 aliphatic carbocycles. The van der Waals surface area contributed by atoms with Crippen LogP contribution in [-0.4, -0.2) is 4.55 Å². The van der Waals surface area contributed by atoms with Gasteiger partial charge in [0.15, 0.2) is 0 Å². The summed E-state index contributed by atoms with van der Waals surface area (Å²) in [7, 11) is 0. The van der Waals surface area contributed by atoms with Crippen LogP contribution < -0.4 is 0 Å². The van der Waals surface area contributed by atoms with Crippen molar-refractivity contribution in [1.82, 2.24) is 0 Å². The van der Waals surface area contributed by atoms with Gasteiger partial charge < -0.3 is 4.55 Å². The van der Waals surface area contributed by atoms with Crippen LogP contribution >= 0.6 is 12.9 Å². The van der Waals surface area contributed by atoms with Gasteiger partial charge in [0, 0.05) is 0 Å². The highest BCUT2D eigenvalue weighted by Crippen LogP contribution is 2.23. The Labute approximate surface area is 100 Å². The molecule has 0 heterocycles. The van der Waals surface area contributed by atoms with Crippen LogP contribution in [-0.2, 0) is 0 Å². The molecule has 0 saturated heterocycles. The predicted octanol–water partition coefficient (Wildman–Crippen LogP) is 4.19. The Morgan fingerprint density at radius 3 is 2.19 bits per heavy atom. The second-order valence-corrected chi connectivity index (χ2v) is 3.33. The Morgan fingerprint density at radius 1 is 1.00 bits per heavy atom. The van der Waals surface area contributed by atoms with Gasteiger partial charge in [-0.3, -0.25) is 0 Å². The molecule has 0 fully saturated rings. The first kappa shape index (κ1) is 12.7. The number of halogens is 1. The fourth-order valence-corrected chi connectivity index (χ4v) is 1.57. The summed E-state index contributed by atoms with van der Waals surface area (Å²) < 4.78 is 19.6. The highest BCUT2D eigenvalue weighted by molar-refractivity contribution is 7.74. The second kappa shape index (κ2) is 6.30. The maximum atomic E-state index is 12.9. The molecule has 0 bridgehead atoms. The molecule has 2 rings (SSSR count). The van der Waals surface area contributed by atoms with Gasteiger partial charge in [-0.15, -0.1) is 0 Å². The second-order valence-electron chi connectivity index (χ2n) is 3.33. The number of rotatable bonds is 1. The van der Waals surface area contributed by atoms with E-state index in [1.807, 2.05) is 43.3 Å². The minimum Gasteiger partial charge on any atom is -0.333 e. The molecular formula is C13H13FOS. The summed E-state index contributed by atoms with van der Waals surface area (Å²) in [5.41, 5.74) is 3.19. The van der Waals surface area contributed by atoms with E-state index in [-0.39, 0.29) is 5.82 Å². The third kappa shape index (κ3) is 3.08. The van der Waals surface area contributed by atoms with Gasteiger partial charge in [-0.25, -0.2) is 4.39 Å². The summed E-state index contributed by atoms with van der Waals surface area (Å²) in [6.07, 6.45) is 0. The molecule has 2 aromatic carbocycles. The molecule has 1 nitrogen and oxygen atoms in total. The van der Waals surface area contributed by atoms with E-state index >= 15 is 0 Å². The number of aryl methyl sites for hydroxylation is 1. The molecule has 0 aromatic heterocycles. The molecule has 0 atom stereocenters. The van der Waals surface area contributed by atoms with E-state index in [1.165, 1.54) is 6.07 Å². The fraction of sp³-hybridized carbons (Fsp3) is 0.0769. The fourth-order valence-electron chi connectivity index (χ4n) is 1.57. The molecule has 0 radical (unpaired) electrons. The molecule has 0 aliphatic rings. The van der Waals surface area contributed by atoms with E-state index in [1.54, 1.807) is 6.07 Å². The Balaban J connectivity index is 0.000000606. The molecule has 3 heteroatoms. The van der Waals surface area contributed by atoms with Crippen LogP contribution in [0.2, 0.25) is 0 Å². The maximum Gasteiger partial charge on any atom is 0.123 e. The van der Waals surface area contributed by atoms with Crippen molar-refractivity contribution in [3.63, 3.8) is 0 Å². The zero-order valence-corrected chi connectivity index (χ0v) is 9.79. The van der Waals surface area contributed by atoms with Crippen molar-refractivity contribution in [3.8, 4) is 11.1 Å². The Kier molecular flexibility index (Phi) is 5.02. The number of thiol groups is 1. The van der Waals surface area contributed by atoms with Gasteiger partial charge in [-0.2, -0.15) is 0 Å². The first-order valence-electron chi connectivity index (χ1n) is 4.79. The molecule has 0 spiro atoms. The predicted molar refractivity (Wildman–Crippen MR) is 68.2 cm³/mol. The maximum absolute atomic E-state index is 12.9. The largest absolute Gasteiger partial charge is 0.333 e. The summed E-state index contributed by atoms with van der Waals surface area (Å²) in [5.74, 6) is -0.179. The van der Waals surface area contributed by atoms with E-state index in [0.29, 0.717) is 0 Å². The van der Waals surface area contributed by atoms with Gasteiger partial charge in [0.05, 0.1) is 0 Å². The van der Waals surface area contributed by atoms with E-state index in [2.05, 4.69) is 12.9 Å². The van der Waals surface area contributed by atoms with Gasteiger partial charge in [-0.05, 0) is 48.7 Å². The Bertz CT molecular complexity index is 443. The lowest BCUT2D eigenvalue weighted by atomic mass is 10.0. The first-order chi connectivity index (χ1) is 7.77. The van der Waals surface area contributed by atoms with Crippen molar-refractivity contribution in [1.29, 1.82) is 0 Å². The summed E-state index contributed by atoms with van der Waals surface area (Å²) in [5, 5.41) is 0. The smallest absolute Gasteiger partial charge is 0.123 e. The summed E-state index contributed by atoms with van der Waals surface area (Å²) in [6, 6.07) is 14.9. The van der Waals surface area contributed by atoms with Crippen LogP contribution in [0.1, 0.15) is 5.56 Å². The lowest BCUT2D eigenvalue weighted by Crippen LogP contribution is -1.84. The van der Waals surface area contributed by atoms with E-state index in [0.717, 1.165) is 16.7 Å². The molecule has 0 amide bonds. The van der Waals surface area contributed by atoms with E-state index in [4.69, 9.17) is 4.55 Å². The average molecular weight is 236 g/mol. The minimum absolute atomic E-state index is 0.179. The zero-order chi connectivity index (χ0) is 12.0. The lowest BCUT2D eigenvalue weighted by Gasteiger charge is -2.05. The molecule has 84 valence electrons. The van der Waals surface area contributed by atoms with Gasteiger partial charge in [-0.1, -0.05) is 36.4 Å². The average Bonchev–Trinajstić information content (AvgIpc) is 2.33. The number of hydrogen-bond donors (Lipinski definition) is 2. The highest BCUT2D eigenvalue weighted by Gasteiger charge is 2.01. The molecule has 16 heavy (non-hydrogen) atoms. The van der Waals surface area contributed by atoms with E-state index < -0.39 is 0 Å².